The Kier molecular flexibility index (Phi) is 7.14. The van der Waals surface area contributed by atoms with Gasteiger partial charge in [-0.3, -0.25) is 4.79 Å². The summed E-state index contributed by atoms with van der Waals surface area (Å²) in [5.74, 6) is -0.257. The molecule has 0 spiro atoms. The second-order valence-electron chi connectivity index (χ2n) is 8.12. The van der Waals surface area contributed by atoms with Gasteiger partial charge < -0.3 is 10.2 Å². The maximum atomic E-state index is 12.8. The van der Waals surface area contributed by atoms with Gasteiger partial charge in [0, 0.05) is 18.8 Å². The van der Waals surface area contributed by atoms with Gasteiger partial charge in [-0.1, -0.05) is 32.0 Å². The number of nitriles is 1. The van der Waals surface area contributed by atoms with Crippen LogP contribution in [0.1, 0.15) is 81.5 Å². The van der Waals surface area contributed by atoms with Crippen LogP contribution in [-0.4, -0.2) is 23.4 Å². The summed E-state index contributed by atoms with van der Waals surface area (Å²) in [4.78, 5) is 15.0. The Hall–Kier alpha value is -2.28. The normalized spacial score (nSPS) is 20.8. The highest BCUT2D eigenvalue weighted by molar-refractivity contribution is 5.97. The van der Waals surface area contributed by atoms with E-state index in [9.17, 15) is 10.1 Å². The van der Waals surface area contributed by atoms with Crippen LogP contribution in [0.15, 0.2) is 30.0 Å². The molecule has 2 aliphatic rings. The van der Waals surface area contributed by atoms with Gasteiger partial charge in [0.2, 0.25) is 0 Å². The van der Waals surface area contributed by atoms with E-state index in [0.717, 1.165) is 50.6 Å². The Morgan fingerprint density at radius 3 is 2.75 bits per heavy atom. The molecule has 4 nitrogen and oxygen atoms in total. The lowest BCUT2D eigenvalue weighted by atomic mass is 9.88. The number of nitrogens with one attached hydrogen (secondary N) is 1. The number of rotatable bonds is 6. The van der Waals surface area contributed by atoms with Crippen LogP contribution in [0.4, 0.5) is 0 Å². The van der Waals surface area contributed by atoms with E-state index in [-0.39, 0.29) is 17.5 Å². The maximum absolute atomic E-state index is 12.8. The molecule has 28 heavy (non-hydrogen) atoms. The fourth-order valence-electron chi connectivity index (χ4n) is 4.56. The van der Waals surface area contributed by atoms with E-state index >= 15 is 0 Å². The zero-order valence-corrected chi connectivity index (χ0v) is 17.3. The van der Waals surface area contributed by atoms with Gasteiger partial charge in [-0.05, 0) is 74.5 Å². The fraction of sp³-hybridized carbons (Fsp3) is 0.583. The van der Waals surface area contributed by atoms with E-state index in [4.69, 9.17) is 0 Å². The van der Waals surface area contributed by atoms with Gasteiger partial charge in [0.15, 0.2) is 0 Å². The zero-order chi connectivity index (χ0) is 19.9. The molecule has 150 valence electrons. The summed E-state index contributed by atoms with van der Waals surface area (Å²) in [6.07, 6.45) is 11.9. The number of fused-ring (bicyclic) bond motifs is 1. The van der Waals surface area contributed by atoms with Crippen molar-refractivity contribution in [1.29, 1.82) is 5.26 Å². The molecule has 1 aromatic carbocycles. The lowest BCUT2D eigenvalue weighted by Crippen LogP contribution is -2.36. The summed E-state index contributed by atoms with van der Waals surface area (Å²) in [5.41, 5.74) is 4.24. The average Bonchev–Trinajstić information content (AvgIpc) is 2.75. The highest BCUT2D eigenvalue weighted by Crippen LogP contribution is 2.26. The van der Waals surface area contributed by atoms with Crippen LogP contribution in [0.3, 0.4) is 0 Å². The molecule has 1 aliphatic carbocycles. The van der Waals surface area contributed by atoms with Gasteiger partial charge in [0.25, 0.3) is 5.91 Å². The first-order chi connectivity index (χ1) is 13.7. The standard InChI is InChI=1S/C24H33N3O/c1-3-22-11-7-8-14-27(22)17-21(16-25)24(28)26-23(4-2)20-13-12-18-9-5-6-10-19(18)15-20/h12-13,15,17,22-23H,3-11,14H2,1-2H3,(H,26,28)/b21-17-. The van der Waals surface area contributed by atoms with Gasteiger partial charge in [-0.2, -0.15) is 5.26 Å². The van der Waals surface area contributed by atoms with Crippen LogP contribution >= 0.6 is 0 Å². The molecule has 1 heterocycles. The molecule has 1 aromatic rings. The van der Waals surface area contributed by atoms with Crippen molar-refractivity contribution in [2.75, 3.05) is 6.54 Å². The number of amides is 1. The zero-order valence-electron chi connectivity index (χ0n) is 17.3. The smallest absolute Gasteiger partial charge is 0.263 e. The third-order valence-electron chi connectivity index (χ3n) is 6.29. The molecule has 0 saturated carbocycles. The molecule has 2 unspecified atom stereocenters. The number of carbonyl (C=O) groups excluding carboxylic acids is 1. The molecule has 1 amide bonds. The largest absolute Gasteiger partial charge is 0.373 e. The summed E-state index contributed by atoms with van der Waals surface area (Å²) in [6.45, 7) is 5.18. The lowest BCUT2D eigenvalue weighted by Gasteiger charge is -2.34. The molecule has 3 rings (SSSR count). The Bertz CT molecular complexity index is 762. The Morgan fingerprint density at radius 1 is 1.25 bits per heavy atom. The maximum Gasteiger partial charge on any atom is 0.263 e. The van der Waals surface area contributed by atoms with Crippen molar-refractivity contribution in [2.24, 2.45) is 0 Å². The predicted octanol–water partition coefficient (Wildman–Crippen LogP) is 4.80. The topological polar surface area (TPSA) is 56.1 Å². The van der Waals surface area contributed by atoms with Crippen LogP contribution in [-0.2, 0) is 17.6 Å². The summed E-state index contributed by atoms with van der Waals surface area (Å²) in [6, 6.07) is 9.14. The summed E-state index contributed by atoms with van der Waals surface area (Å²) in [5, 5.41) is 12.7. The van der Waals surface area contributed by atoms with E-state index in [2.05, 4.69) is 48.3 Å². The fourth-order valence-corrected chi connectivity index (χ4v) is 4.56. The van der Waals surface area contributed by atoms with Gasteiger partial charge >= 0.3 is 0 Å². The van der Waals surface area contributed by atoms with Crippen molar-refractivity contribution in [1.82, 2.24) is 10.2 Å². The average molecular weight is 380 g/mol. The minimum absolute atomic E-state index is 0.0557. The lowest BCUT2D eigenvalue weighted by molar-refractivity contribution is -0.118. The summed E-state index contributed by atoms with van der Waals surface area (Å²) in [7, 11) is 0. The molecule has 1 fully saturated rings. The highest BCUT2D eigenvalue weighted by Gasteiger charge is 2.22. The molecule has 1 N–H and O–H groups in total. The number of hydrogen-bond donors (Lipinski definition) is 1. The van der Waals surface area contributed by atoms with Gasteiger partial charge in [0.1, 0.15) is 11.6 Å². The first kappa shape index (κ1) is 20.5. The third kappa shape index (κ3) is 4.76. The number of likely N-dealkylation sites (tertiary alicyclic amines) is 1. The van der Waals surface area contributed by atoms with Crippen molar-refractivity contribution in [3.05, 3.63) is 46.7 Å². The first-order valence-electron chi connectivity index (χ1n) is 11.0. The molecule has 0 bridgehead atoms. The van der Waals surface area contributed by atoms with Crippen molar-refractivity contribution in [3.63, 3.8) is 0 Å². The molecule has 2 atom stereocenters. The second kappa shape index (κ2) is 9.78. The van der Waals surface area contributed by atoms with E-state index < -0.39 is 0 Å². The third-order valence-corrected chi connectivity index (χ3v) is 6.29. The summed E-state index contributed by atoms with van der Waals surface area (Å²) >= 11 is 0. The molecule has 0 radical (unpaired) electrons. The van der Waals surface area contributed by atoms with Crippen LogP contribution in [0, 0.1) is 11.3 Å². The molecular weight excluding hydrogens is 346 g/mol. The van der Waals surface area contributed by atoms with Crippen LogP contribution in [0.25, 0.3) is 0 Å². The van der Waals surface area contributed by atoms with Gasteiger partial charge in [-0.15, -0.1) is 0 Å². The molecule has 0 aromatic heterocycles. The molecule has 4 heteroatoms. The highest BCUT2D eigenvalue weighted by atomic mass is 16.1. The van der Waals surface area contributed by atoms with Gasteiger partial charge in [0.05, 0.1) is 6.04 Å². The molecule has 1 aliphatic heterocycles. The van der Waals surface area contributed by atoms with Crippen LogP contribution < -0.4 is 5.32 Å². The summed E-state index contributed by atoms with van der Waals surface area (Å²) < 4.78 is 0. The Balaban J connectivity index is 1.73. The number of nitrogens with zero attached hydrogens (tertiary/aromatic N) is 2. The first-order valence-corrected chi connectivity index (χ1v) is 11.0. The van der Waals surface area contributed by atoms with Crippen LogP contribution in [0.5, 0.6) is 0 Å². The van der Waals surface area contributed by atoms with E-state index in [1.807, 2.05) is 0 Å². The van der Waals surface area contributed by atoms with E-state index in [1.54, 1.807) is 6.20 Å². The number of aryl methyl sites for hydroxylation is 2. The quantitative estimate of drug-likeness (QED) is 0.570. The SMILES string of the molecule is CCC(NC(=O)/C(C#N)=C\N1CCCCC1CC)c1ccc2c(c1)CCCC2. The van der Waals surface area contributed by atoms with E-state index in [1.165, 1.54) is 30.4 Å². The Labute approximate surface area is 169 Å². The number of piperidine rings is 1. The van der Waals surface area contributed by atoms with Gasteiger partial charge in [-0.25, -0.2) is 0 Å². The van der Waals surface area contributed by atoms with E-state index in [0.29, 0.717) is 6.04 Å². The predicted molar refractivity (Wildman–Crippen MR) is 113 cm³/mol. The monoisotopic (exact) mass is 379 g/mol. The van der Waals surface area contributed by atoms with Crippen molar-refractivity contribution in [2.45, 2.75) is 83.7 Å². The number of hydrogen-bond acceptors (Lipinski definition) is 3. The van der Waals surface area contributed by atoms with Crippen molar-refractivity contribution in [3.8, 4) is 6.07 Å². The Morgan fingerprint density at radius 2 is 2.04 bits per heavy atom. The minimum Gasteiger partial charge on any atom is -0.373 e. The minimum atomic E-state index is -0.257. The van der Waals surface area contributed by atoms with Crippen LogP contribution in [0.2, 0.25) is 0 Å². The molecule has 1 saturated heterocycles. The second-order valence-corrected chi connectivity index (χ2v) is 8.12. The van der Waals surface area contributed by atoms with Crippen molar-refractivity contribution < 1.29 is 4.79 Å². The molecular formula is C24H33N3O. The number of carbonyl (C=O) groups is 1. The van der Waals surface area contributed by atoms with Crippen molar-refractivity contribution >= 4 is 5.91 Å². The number of benzene rings is 1.